The molecule has 90 valence electrons. The van der Waals surface area contributed by atoms with Gasteiger partial charge in [0.25, 0.3) is 0 Å². The Morgan fingerprint density at radius 3 is 2.62 bits per heavy atom. The number of hydrogen-bond donors (Lipinski definition) is 2. The van der Waals surface area contributed by atoms with Gasteiger partial charge < -0.3 is 10.4 Å². The maximum atomic E-state index is 9.37. The van der Waals surface area contributed by atoms with E-state index >= 15 is 0 Å². The highest BCUT2D eigenvalue weighted by Gasteiger charge is 2.21. The Balaban J connectivity index is 2.59. The first-order valence-electron chi connectivity index (χ1n) is 5.70. The fourth-order valence-corrected chi connectivity index (χ4v) is 1.93. The number of halogens is 1. The second-order valence-electron chi connectivity index (χ2n) is 4.41. The second-order valence-corrected chi connectivity index (χ2v) is 4.82. The van der Waals surface area contributed by atoms with Gasteiger partial charge in [-0.3, -0.25) is 0 Å². The van der Waals surface area contributed by atoms with Gasteiger partial charge in [0.2, 0.25) is 0 Å². The molecule has 0 aliphatic carbocycles. The first kappa shape index (κ1) is 13.5. The molecule has 0 aliphatic heterocycles. The predicted octanol–water partition coefficient (Wildman–Crippen LogP) is 2.98. The Bertz CT molecular complexity index is 329. The van der Waals surface area contributed by atoms with Gasteiger partial charge in [-0.15, -0.1) is 0 Å². The van der Waals surface area contributed by atoms with Gasteiger partial charge in [0.1, 0.15) is 0 Å². The number of aliphatic hydroxyl groups is 1. The minimum Gasteiger partial charge on any atom is -0.394 e. The molecule has 16 heavy (non-hydrogen) atoms. The third kappa shape index (κ3) is 3.78. The summed E-state index contributed by atoms with van der Waals surface area (Å²) < 4.78 is 0. The van der Waals surface area contributed by atoms with E-state index in [-0.39, 0.29) is 12.1 Å². The number of benzene rings is 1. The lowest BCUT2D eigenvalue weighted by atomic mass is 9.97. The van der Waals surface area contributed by atoms with E-state index in [0.29, 0.717) is 6.54 Å². The van der Waals surface area contributed by atoms with Gasteiger partial charge in [0.15, 0.2) is 0 Å². The van der Waals surface area contributed by atoms with Crippen molar-refractivity contribution in [2.24, 2.45) is 0 Å². The van der Waals surface area contributed by atoms with Crippen molar-refractivity contribution >= 4 is 11.6 Å². The molecule has 1 aromatic rings. The van der Waals surface area contributed by atoms with Crippen LogP contribution in [-0.2, 0) is 6.54 Å². The van der Waals surface area contributed by atoms with Gasteiger partial charge in [-0.05, 0) is 25.0 Å². The first-order chi connectivity index (χ1) is 7.61. The molecule has 1 atom stereocenters. The lowest BCUT2D eigenvalue weighted by Gasteiger charge is -2.28. The maximum absolute atomic E-state index is 9.37. The van der Waals surface area contributed by atoms with Crippen molar-refractivity contribution in [1.29, 1.82) is 0 Å². The van der Waals surface area contributed by atoms with Crippen molar-refractivity contribution in [3.63, 3.8) is 0 Å². The van der Waals surface area contributed by atoms with E-state index < -0.39 is 0 Å². The van der Waals surface area contributed by atoms with Crippen LogP contribution in [-0.4, -0.2) is 17.3 Å². The summed E-state index contributed by atoms with van der Waals surface area (Å²) in [5, 5.41) is 13.5. The largest absolute Gasteiger partial charge is 0.394 e. The molecule has 0 spiro atoms. The normalized spacial score (nSPS) is 14.8. The van der Waals surface area contributed by atoms with Crippen molar-refractivity contribution in [2.75, 3.05) is 6.61 Å². The van der Waals surface area contributed by atoms with Crippen LogP contribution in [0.5, 0.6) is 0 Å². The molecule has 0 radical (unpaired) electrons. The molecule has 0 aliphatic rings. The minimum atomic E-state index is -0.214. The third-order valence-corrected chi connectivity index (χ3v) is 3.18. The molecule has 0 fully saturated rings. The van der Waals surface area contributed by atoms with Gasteiger partial charge in [-0.1, -0.05) is 43.1 Å². The van der Waals surface area contributed by atoms with Crippen LogP contribution >= 0.6 is 11.6 Å². The van der Waals surface area contributed by atoms with E-state index in [1.54, 1.807) is 0 Å². The lowest BCUT2D eigenvalue weighted by Crippen LogP contribution is -2.45. The quantitative estimate of drug-likeness (QED) is 0.803. The van der Waals surface area contributed by atoms with Gasteiger partial charge in [0, 0.05) is 17.1 Å². The van der Waals surface area contributed by atoms with Crippen molar-refractivity contribution < 1.29 is 5.11 Å². The zero-order chi connectivity index (χ0) is 12.0. The van der Waals surface area contributed by atoms with Crippen molar-refractivity contribution in [2.45, 2.75) is 38.8 Å². The van der Waals surface area contributed by atoms with Crippen LogP contribution in [0.1, 0.15) is 32.3 Å². The van der Waals surface area contributed by atoms with Crippen LogP contribution in [0.3, 0.4) is 0 Å². The molecular weight excluding hydrogens is 222 g/mol. The van der Waals surface area contributed by atoms with E-state index in [4.69, 9.17) is 11.6 Å². The molecule has 0 heterocycles. The van der Waals surface area contributed by atoms with Crippen LogP contribution in [0.15, 0.2) is 24.3 Å². The number of hydrogen-bond acceptors (Lipinski definition) is 2. The summed E-state index contributed by atoms with van der Waals surface area (Å²) >= 11 is 6.07. The van der Waals surface area contributed by atoms with Crippen LogP contribution in [0, 0.1) is 0 Å². The zero-order valence-electron chi connectivity index (χ0n) is 9.96. The minimum absolute atomic E-state index is 0.144. The van der Waals surface area contributed by atoms with Gasteiger partial charge in [-0.25, -0.2) is 0 Å². The number of rotatable bonds is 6. The smallest absolute Gasteiger partial charge is 0.0610 e. The Morgan fingerprint density at radius 1 is 1.38 bits per heavy atom. The van der Waals surface area contributed by atoms with Crippen molar-refractivity contribution in [3.8, 4) is 0 Å². The standard InChI is InChI=1S/C13H20ClNO/c1-3-8-13(2,10-16)15-9-11-6-4-5-7-12(11)14/h4-7,15-16H,3,8-10H2,1-2H3. The molecule has 0 saturated carbocycles. The molecule has 2 nitrogen and oxygen atoms in total. The third-order valence-electron chi connectivity index (χ3n) is 2.81. The highest BCUT2D eigenvalue weighted by molar-refractivity contribution is 6.31. The molecule has 1 rings (SSSR count). The summed E-state index contributed by atoms with van der Waals surface area (Å²) in [5.41, 5.74) is 0.855. The van der Waals surface area contributed by atoms with Crippen LogP contribution in [0.25, 0.3) is 0 Å². The van der Waals surface area contributed by atoms with E-state index in [0.717, 1.165) is 23.4 Å². The Labute approximate surface area is 103 Å². The molecule has 0 saturated heterocycles. The predicted molar refractivity (Wildman–Crippen MR) is 68.7 cm³/mol. The van der Waals surface area contributed by atoms with E-state index in [9.17, 15) is 5.11 Å². The summed E-state index contributed by atoms with van der Waals surface area (Å²) in [6, 6.07) is 7.77. The topological polar surface area (TPSA) is 32.3 Å². The number of aliphatic hydroxyl groups excluding tert-OH is 1. The number of nitrogens with one attached hydrogen (secondary N) is 1. The highest BCUT2D eigenvalue weighted by atomic mass is 35.5. The van der Waals surface area contributed by atoms with Crippen LogP contribution < -0.4 is 5.32 Å². The fourth-order valence-electron chi connectivity index (χ4n) is 1.73. The fraction of sp³-hybridized carbons (Fsp3) is 0.538. The molecule has 0 aromatic heterocycles. The van der Waals surface area contributed by atoms with Gasteiger partial charge >= 0.3 is 0 Å². The van der Waals surface area contributed by atoms with E-state index in [2.05, 4.69) is 12.2 Å². The Hall–Kier alpha value is -0.570. The molecule has 3 heteroatoms. The average molecular weight is 242 g/mol. The summed E-state index contributed by atoms with van der Waals surface area (Å²) in [4.78, 5) is 0. The summed E-state index contributed by atoms with van der Waals surface area (Å²) in [7, 11) is 0. The first-order valence-corrected chi connectivity index (χ1v) is 6.08. The van der Waals surface area contributed by atoms with Crippen molar-refractivity contribution in [1.82, 2.24) is 5.32 Å². The molecular formula is C13H20ClNO. The average Bonchev–Trinajstić information content (AvgIpc) is 2.28. The molecule has 0 bridgehead atoms. The molecule has 0 amide bonds. The Morgan fingerprint density at radius 2 is 2.06 bits per heavy atom. The van der Waals surface area contributed by atoms with Gasteiger partial charge in [0.05, 0.1) is 6.61 Å². The molecule has 2 N–H and O–H groups in total. The van der Waals surface area contributed by atoms with Gasteiger partial charge in [-0.2, -0.15) is 0 Å². The van der Waals surface area contributed by atoms with Crippen molar-refractivity contribution in [3.05, 3.63) is 34.9 Å². The summed E-state index contributed by atoms with van der Waals surface area (Å²) in [6.45, 7) is 4.99. The summed E-state index contributed by atoms with van der Waals surface area (Å²) in [6.07, 6.45) is 2.00. The van der Waals surface area contributed by atoms with E-state index in [1.807, 2.05) is 31.2 Å². The van der Waals surface area contributed by atoms with Crippen LogP contribution in [0.2, 0.25) is 5.02 Å². The van der Waals surface area contributed by atoms with E-state index in [1.165, 1.54) is 0 Å². The SMILES string of the molecule is CCCC(C)(CO)NCc1ccccc1Cl. The second kappa shape index (κ2) is 6.24. The highest BCUT2D eigenvalue weighted by Crippen LogP contribution is 2.17. The molecule has 1 unspecified atom stereocenters. The molecule has 1 aromatic carbocycles. The van der Waals surface area contributed by atoms with Crippen LogP contribution in [0.4, 0.5) is 0 Å². The Kier molecular flexibility index (Phi) is 5.26. The zero-order valence-corrected chi connectivity index (χ0v) is 10.7. The maximum Gasteiger partial charge on any atom is 0.0610 e. The summed E-state index contributed by atoms with van der Waals surface area (Å²) in [5.74, 6) is 0. The monoisotopic (exact) mass is 241 g/mol. The lowest BCUT2D eigenvalue weighted by molar-refractivity contribution is 0.163.